The number of hydrogen-bond acceptors (Lipinski definition) is 3. The fourth-order valence-electron chi connectivity index (χ4n) is 1.47. The quantitative estimate of drug-likeness (QED) is 0.743. The lowest BCUT2D eigenvalue weighted by Crippen LogP contribution is -1.90. The molecule has 1 heterocycles. The number of halogens is 1. The van der Waals surface area contributed by atoms with Crippen molar-refractivity contribution in [3.8, 4) is 5.75 Å². The van der Waals surface area contributed by atoms with E-state index >= 15 is 0 Å². The number of aromatic nitrogens is 1. The van der Waals surface area contributed by atoms with Crippen LogP contribution in [-0.4, -0.2) is 12.1 Å². The zero-order valence-corrected chi connectivity index (χ0v) is 9.79. The number of benzene rings is 1. The van der Waals surface area contributed by atoms with Crippen molar-refractivity contribution < 1.29 is 4.74 Å². The molecular formula is C10H10ClNOS. The molecule has 2 aromatic rings. The molecule has 0 amide bonds. The first-order valence-corrected chi connectivity index (χ1v) is 5.43. The van der Waals surface area contributed by atoms with E-state index in [0.717, 1.165) is 21.5 Å². The van der Waals surface area contributed by atoms with Crippen LogP contribution in [0, 0.1) is 13.8 Å². The highest BCUT2D eigenvalue weighted by Crippen LogP contribution is 2.37. The van der Waals surface area contributed by atoms with E-state index < -0.39 is 0 Å². The Kier molecular flexibility index (Phi) is 2.37. The minimum absolute atomic E-state index is 0.559. The van der Waals surface area contributed by atoms with Crippen LogP contribution in [0.4, 0.5) is 0 Å². The van der Waals surface area contributed by atoms with Crippen LogP contribution in [0.5, 0.6) is 5.75 Å². The summed E-state index contributed by atoms with van der Waals surface area (Å²) >= 11 is 7.32. The number of aryl methyl sites for hydroxylation is 1. The van der Waals surface area contributed by atoms with Crippen LogP contribution in [0.1, 0.15) is 11.1 Å². The molecule has 0 radical (unpaired) electrons. The molecule has 0 saturated heterocycles. The molecule has 0 atom stereocenters. The topological polar surface area (TPSA) is 22.1 Å². The molecule has 2 rings (SSSR count). The van der Waals surface area contributed by atoms with Crippen molar-refractivity contribution >= 4 is 33.2 Å². The van der Waals surface area contributed by atoms with Crippen LogP contribution in [0.15, 0.2) is 6.07 Å². The van der Waals surface area contributed by atoms with Crippen LogP contribution in [0.3, 0.4) is 0 Å². The predicted octanol–water partition coefficient (Wildman–Crippen LogP) is 3.58. The molecule has 0 N–H and O–H groups in total. The standard InChI is InChI=1S/C10H10ClNOS/c1-5-4-7-9(14-10(11)12-7)8(13-3)6(5)2/h4H,1-3H3. The van der Waals surface area contributed by atoms with Gasteiger partial charge in [-0.05, 0) is 31.0 Å². The molecule has 0 fully saturated rings. The van der Waals surface area contributed by atoms with Crippen molar-refractivity contribution in [2.45, 2.75) is 13.8 Å². The van der Waals surface area contributed by atoms with Crippen molar-refractivity contribution in [2.24, 2.45) is 0 Å². The summed E-state index contributed by atoms with van der Waals surface area (Å²) in [6.45, 7) is 4.09. The fraction of sp³-hybridized carbons (Fsp3) is 0.300. The molecule has 0 unspecified atom stereocenters. The summed E-state index contributed by atoms with van der Waals surface area (Å²) in [7, 11) is 1.68. The average molecular weight is 228 g/mol. The SMILES string of the molecule is COc1c(C)c(C)cc2nc(Cl)sc12. The number of hydrogen-bond donors (Lipinski definition) is 0. The second kappa shape index (κ2) is 3.41. The molecule has 1 aromatic carbocycles. The summed E-state index contributed by atoms with van der Waals surface area (Å²) < 4.78 is 6.95. The van der Waals surface area contributed by atoms with Crippen molar-refractivity contribution in [3.05, 3.63) is 21.7 Å². The molecule has 4 heteroatoms. The number of methoxy groups -OCH3 is 1. The molecule has 14 heavy (non-hydrogen) atoms. The van der Waals surface area contributed by atoms with E-state index in [2.05, 4.69) is 4.98 Å². The molecule has 0 spiro atoms. The van der Waals surface area contributed by atoms with Gasteiger partial charge < -0.3 is 4.74 Å². The highest BCUT2D eigenvalue weighted by atomic mass is 35.5. The largest absolute Gasteiger partial charge is 0.495 e. The predicted molar refractivity (Wildman–Crippen MR) is 60.7 cm³/mol. The van der Waals surface area contributed by atoms with Gasteiger partial charge in [-0.15, -0.1) is 0 Å². The van der Waals surface area contributed by atoms with Gasteiger partial charge >= 0.3 is 0 Å². The van der Waals surface area contributed by atoms with Crippen LogP contribution >= 0.6 is 22.9 Å². The molecule has 0 aliphatic heterocycles. The normalized spacial score (nSPS) is 10.9. The number of thiazole rings is 1. The third-order valence-electron chi connectivity index (χ3n) is 2.32. The second-order valence-corrected chi connectivity index (χ2v) is 4.75. The van der Waals surface area contributed by atoms with E-state index in [1.165, 1.54) is 16.9 Å². The summed E-state index contributed by atoms with van der Waals surface area (Å²) in [4.78, 5) is 4.23. The molecule has 0 saturated carbocycles. The van der Waals surface area contributed by atoms with E-state index in [9.17, 15) is 0 Å². The Morgan fingerprint density at radius 2 is 2.14 bits per heavy atom. The number of nitrogens with zero attached hydrogens (tertiary/aromatic N) is 1. The van der Waals surface area contributed by atoms with E-state index in [4.69, 9.17) is 16.3 Å². The van der Waals surface area contributed by atoms with Crippen molar-refractivity contribution in [1.82, 2.24) is 4.98 Å². The zero-order chi connectivity index (χ0) is 10.3. The van der Waals surface area contributed by atoms with E-state index in [1.54, 1.807) is 7.11 Å². The lowest BCUT2D eigenvalue weighted by Gasteiger charge is -2.07. The summed E-state index contributed by atoms with van der Waals surface area (Å²) in [5.74, 6) is 0.893. The summed E-state index contributed by atoms with van der Waals surface area (Å²) in [5.41, 5.74) is 3.25. The van der Waals surface area contributed by atoms with Crippen molar-refractivity contribution in [3.63, 3.8) is 0 Å². The lowest BCUT2D eigenvalue weighted by molar-refractivity contribution is 0.417. The summed E-state index contributed by atoms with van der Waals surface area (Å²) in [5, 5.41) is 0. The van der Waals surface area contributed by atoms with E-state index in [-0.39, 0.29) is 0 Å². The first kappa shape index (κ1) is 9.74. The van der Waals surface area contributed by atoms with Gasteiger partial charge in [-0.1, -0.05) is 22.9 Å². The number of ether oxygens (including phenoxy) is 1. The fourth-order valence-corrected chi connectivity index (χ4v) is 2.65. The molecule has 0 aliphatic rings. The Hall–Kier alpha value is -0.800. The van der Waals surface area contributed by atoms with Gasteiger partial charge in [0.05, 0.1) is 17.3 Å². The van der Waals surface area contributed by atoms with Gasteiger partial charge in [-0.3, -0.25) is 0 Å². The monoisotopic (exact) mass is 227 g/mol. The first-order valence-electron chi connectivity index (χ1n) is 4.23. The van der Waals surface area contributed by atoms with Gasteiger partial charge in [-0.2, -0.15) is 0 Å². The highest BCUT2D eigenvalue weighted by Gasteiger charge is 2.12. The third kappa shape index (κ3) is 1.37. The van der Waals surface area contributed by atoms with Crippen LogP contribution in [-0.2, 0) is 0 Å². The first-order chi connectivity index (χ1) is 6.63. The molecular weight excluding hydrogens is 218 g/mol. The highest BCUT2D eigenvalue weighted by molar-refractivity contribution is 7.22. The van der Waals surface area contributed by atoms with Crippen molar-refractivity contribution in [2.75, 3.05) is 7.11 Å². The number of fused-ring (bicyclic) bond motifs is 1. The Labute approximate surface area is 91.5 Å². The molecule has 0 aliphatic carbocycles. The summed E-state index contributed by atoms with van der Waals surface area (Å²) in [6.07, 6.45) is 0. The lowest BCUT2D eigenvalue weighted by atomic mass is 10.1. The number of rotatable bonds is 1. The summed E-state index contributed by atoms with van der Waals surface area (Å²) in [6, 6.07) is 2.04. The van der Waals surface area contributed by atoms with Crippen LogP contribution in [0.25, 0.3) is 10.2 Å². The van der Waals surface area contributed by atoms with E-state index in [1.807, 2.05) is 19.9 Å². The van der Waals surface area contributed by atoms with Gasteiger partial charge in [0, 0.05) is 0 Å². The maximum absolute atomic E-state index is 5.87. The van der Waals surface area contributed by atoms with Crippen LogP contribution in [0.2, 0.25) is 4.47 Å². The molecule has 74 valence electrons. The van der Waals surface area contributed by atoms with Gasteiger partial charge in [0.15, 0.2) is 4.47 Å². The Morgan fingerprint density at radius 1 is 1.43 bits per heavy atom. The Bertz CT molecular complexity index is 492. The van der Waals surface area contributed by atoms with Gasteiger partial charge in [0.1, 0.15) is 5.75 Å². The Balaban J connectivity index is 2.87. The maximum atomic E-state index is 5.87. The third-order valence-corrected chi connectivity index (χ3v) is 3.50. The molecule has 1 aromatic heterocycles. The Morgan fingerprint density at radius 3 is 2.79 bits per heavy atom. The van der Waals surface area contributed by atoms with Gasteiger partial charge in [-0.25, -0.2) is 4.98 Å². The maximum Gasteiger partial charge on any atom is 0.184 e. The average Bonchev–Trinajstić information content (AvgIpc) is 2.47. The molecule has 2 nitrogen and oxygen atoms in total. The van der Waals surface area contributed by atoms with Crippen LogP contribution < -0.4 is 4.74 Å². The zero-order valence-electron chi connectivity index (χ0n) is 8.22. The smallest absolute Gasteiger partial charge is 0.184 e. The minimum Gasteiger partial charge on any atom is -0.495 e. The minimum atomic E-state index is 0.559. The molecule has 0 bridgehead atoms. The van der Waals surface area contributed by atoms with E-state index in [0.29, 0.717) is 4.47 Å². The van der Waals surface area contributed by atoms with Gasteiger partial charge in [0.25, 0.3) is 0 Å². The second-order valence-electron chi connectivity index (χ2n) is 3.17. The van der Waals surface area contributed by atoms with Gasteiger partial charge in [0.2, 0.25) is 0 Å². The van der Waals surface area contributed by atoms with Crippen molar-refractivity contribution in [1.29, 1.82) is 0 Å².